The van der Waals surface area contributed by atoms with E-state index in [1.807, 2.05) is 30.0 Å². The van der Waals surface area contributed by atoms with Gasteiger partial charge in [0.25, 0.3) is 0 Å². The fraction of sp³-hybridized carbons (Fsp3) is 0.346. The Labute approximate surface area is 201 Å². The van der Waals surface area contributed by atoms with E-state index in [0.717, 1.165) is 64.9 Å². The van der Waals surface area contributed by atoms with Gasteiger partial charge in [0.2, 0.25) is 5.91 Å². The van der Waals surface area contributed by atoms with E-state index in [4.69, 9.17) is 4.98 Å². The van der Waals surface area contributed by atoms with Crippen LogP contribution in [0.25, 0.3) is 33.5 Å². The van der Waals surface area contributed by atoms with Crippen LogP contribution in [0.1, 0.15) is 36.7 Å². The average molecular weight is 475 g/mol. The summed E-state index contributed by atoms with van der Waals surface area (Å²) in [5.41, 5.74) is 5.84. The first-order valence-electron chi connectivity index (χ1n) is 12.1. The second kappa shape index (κ2) is 8.49. The maximum atomic E-state index is 14.1. The lowest BCUT2D eigenvalue weighted by atomic mass is 9.96. The van der Waals surface area contributed by atoms with Crippen molar-refractivity contribution in [3.05, 3.63) is 53.1 Å². The van der Waals surface area contributed by atoms with Crippen LogP contribution >= 0.6 is 0 Å². The van der Waals surface area contributed by atoms with Crippen molar-refractivity contribution in [3.63, 3.8) is 0 Å². The molecule has 2 aromatic carbocycles. The van der Waals surface area contributed by atoms with E-state index < -0.39 is 5.82 Å². The number of halogens is 1. The summed E-state index contributed by atoms with van der Waals surface area (Å²) in [5.74, 6) is 0.0134. The summed E-state index contributed by atoms with van der Waals surface area (Å²) in [5, 5.41) is 21.5. The highest BCUT2D eigenvalue weighted by atomic mass is 19.1. The second-order valence-corrected chi connectivity index (χ2v) is 9.38. The predicted molar refractivity (Wildman–Crippen MR) is 130 cm³/mol. The molecular weight excluding hydrogens is 447 g/mol. The fourth-order valence-corrected chi connectivity index (χ4v) is 5.26. The molecule has 0 saturated carbocycles. The standard InChI is InChI=1S/C26H27FN6O2/c1-2-14-10-23(34)19(27)11-18(14)16-3-4-17-20(9-16)31-32-24(17)25-29-21-12-33(13-22(21)30-25)26(35)15-5-7-28-8-6-15/h3-4,9-11,15,28,34H,2,5-8,12-13H2,1H3,(H,29,30)(H,31,32). The van der Waals surface area contributed by atoms with E-state index in [1.165, 1.54) is 12.1 Å². The van der Waals surface area contributed by atoms with Gasteiger partial charge in [0.05, 0.1) is 30.0 Å². The lowest BCUT2D eigenvalue weighted by Crippen LogP contribution is -2.38. The second-order valence-electron chi connectivity index (χ2n) is 9.38. The van der Waals surface area contributed by atoms with Gasteiger partial charge >= 0.3 is 0 Å². The molecule has 8 nitrogen and oxygen atoms in total. The van der Waals surface area contributed by atoms with Crippen molar-refractivity contribution in [2.24, 2.45) is 5.92 Å². The number of rotatable bonds is 4. The zero-order chi connectivity index (χ0) is 24.1. The van der Waals surface area contributed by atoms with Crippen LogP contribution < -0.4 is 5.32 Å². The largest absolute Gasteiger partial charge is 0.505 e. The molecule has 2 aromatic heterocycles. The number of H-pyrrole nitrogens is 2. The number of carbonyl (C=O) groups excluding carboxylic acids is 1. The minimum absolute atomic E-state index is 0.0967. The summed E-state index contributed by atoms with van der Waals surface area (Å²) in [6.45, 7) is 4.83. The predicted octanol–water partition coefficient (Wildman–Crippen LogP) is 3.87. The van der Waals surface area contributed by atoms with Crippen molar-refractivity contribution in [3.8, 4) is 28.4 Å². The smallest absolute Gasteiger partial charge is 0.226 e. The Morgan fingerprint density at radius 1 is 1.20 bits per heavy atom. The SMILES string of the molecule is CCc1cc(O)c(F)cc1-c1ccc2c(-c3nc4c([nH]3)CN(C(=O)C3CCNCC3)C4)n[nH]c2c1. The molecule has 0 atom stereocenters. The first kappa shape index (κ1) is 21.8. The molecule has 2 aliphatic rings. The number of carbonyl (C=O) groups is 1. The maximum absolute atomic E-state index is 14.1. The fourth-order valence-electron chi connectivity index (χ4n) is 5.26. The number of hydrogen-bond acceptors (Lipinski definition) is 5. The number of benzene rings is 2. The molecule has 4 aromatic rings. The van der Waals surface area contributed by atoms with Gasteiger partial charge in [-0.05, 0) is 73.3 Å². The van der Waals surface area contributed by atoms with Crippen LogP contribution in [-0.4, -0.2) is 49.2 Å². The average Bonchev–Trinajstić information content (AvgIpc) is 3.58. The zero-order valence-corrected chi connectivity index (χ0v) is 19.5. The number of amides is 1. The number of hydrogen-bond donors (Lipinski definition) is 4. The monoisotopic (exact) mass is 474 g/mol. The molecule has 0 spiro atoms. The number of aryl methyl sites for hydroxylation is 1. The lowest BCUT2D eigenvalue weighted by molar-refractivity contribution is -0.137. The Balaban J connectivity index is 1.26. The number of phenolic OH excluding ortho intramolecular Hbond substituents is 1. The van der Waals surface area contributed by atoms with Gasteiger partial charge in [-0.3, -0.25) is 9.89 Å². The number of aromatic nitrogens is 4. The van der Waals surface area contributed by atoms with Gasteiger partial charge in [-0.2, -0.15) is 5.10 Å². The number of nitrogens with zero attached hydrogens (tertiary/aromatic N) is 3. The summed E-state index contributed by atoms with van der Waals surface area (Å²) in [6, 6.07) is 8.68. The molecular formula is C26H27FN6O2. The van der Waals surface area contributed by atoms with Crippen LogP contribution in [0, 0.1) is 11.7 Å². The van der Waals surface area contributed by atoms with E-state index in [-0.39, 0.29) is 17.6 Å². The summed E-state index contributed by atoms with van der Waals surface area (Å²) < 4.78 is 14.1. The zero-order valence-electron chi connectivity index (χ0n) is 19.5. The molecule has 1 saturated heterocycles. The van der Waals surface area contributed by atoms with Gasteiger partial charge in [0.15, 0.2) is 17.4 Å². The van der Waals surface area contributed by atoms with Gasteiger partial charge in [0.1, 0.15) is 5.69 Å². The highest BCUT2D eigenvalue weighted by Crippen LogP contribution is 2.34. The van der Waals surface area contributed by atoms with E-state index >= 15 is 0 Å². The van der Waals surface area contributed by atoms with Crippen molar-refractivity contribution in [2.75, 3.05) is 13.1 Å². The van der Waals surface area contributed by atoms with Crippen LogP contribution in [0.3, 0.4) is 0 Å². The van der Waals surface area contributed by atoms with Crippen molar-refractivity contribution in [1.82, 2.24) is 30.4 Å². The topological polar surface area (TPSA) is 110 Å². The van der Waals surface area contributed by atoms with Crippen LogP contribution in [0.4, 0.5) is 4.39 Å². The minimum Gasteiger partial charge on any atom is -0.505 e. The number of aromatic hydroxyl groups is 1. The van der Waals surface area contributed by atoms with Gasteiger partial charge in [-0.25, -0.2) is 9.37 Å². The highest BCUT2D eigenvalue weighted by Gasteiger charge is 2.32. The third kappa shape index (κ3) is 3.76. The first-order chi connectivity index (χ1) is 17.0. The number of fused-ring (bicyclic) bond motifs is 2. The minimum atomic E-state index is -0.639. The number of imidazole rings is 1. The number of aromatic amines is 2. The van der Waals surface area contributed by atoms with E-state index in [9.17, 15) is 14.3 Å². The molecule has 0 bridgehead atoms. The normalized spacial score (nSPS) is 16.2. The third-order valence-electron chi connectivity index (χ3n) is 7.21. The Morgan fingerprint density at radius 2 is 2.03 bits per heavy atom. The summed E-state index contributed by atoms with van der Waals surface area (Å²) in [7, 11) is 0. The first-order valence-corrected chi connectivity index (χ1v) is 12.1. The molecule has 6 rings (SSSR count). The molecule has 2 aliphatic heterocycles. The Hall–Kier alpha value is -3.72. The number of piperidine rings is 1. The van der Waals surface area contributed by atoms with E-state index in [2.05, 4.69) is 20.5 Å². The van der Waals surface area contributed by atoms with Crippen molar-refractivity contribution in [2.45, 2.75) is 39.3 Å². The summed E-state index contributed by atoms with van der Waals surface area (Å²) >= 11 is 0. The van der Waals surface area contributed by atoms with E-state index in [1.54, 1.807) is 0 Å². The lowest BCUT2D eigenvalue weighted by Gasteiger charge is -2.26. The van der Waals surface area contributed by atoms with Gasteiger partial charge < -0.3 is 20.3 Å². The van der Waals surface area contributed by atoms with Crippen molar-refractivity contribution < 1.29 is 14.3 Å². The number of phenols is 1. The highest BCUT2D eigenvalue weighted by molar-refractivity contribution is 5.94. The van der Waals surface area contributed by atoms with E-state index in [0.29, 0.717) is 31.0 Å². The molecule has 35 heavy (non-hydrogen) atoms. The Bertz CT molecular complexity index is 1410. The third-order valence-corrected chi connectivity index (χ3v) is 7.21. The summed E-state index contributed by atoms with van der Waals surface area (Å²) in [4.78, 5) is 22.9. The Kier molecular flexibility index (Phi) is 5.29. The molecule has 0 radical (unpaired) electrons. The maximum Gasteiger partial charge on any atom is 0.226 e. The van der Waals surface area contributed by atoms with Crippen LogP contribution in [-0.2, 0) is 24.3 Å². The quantitative estimate of drug-likeness (QED) is 0.359. The summed E-state index contributed by atoms with van der Waals surface area (Å²) in [6.07, 6.45) is 2.45. The van der Waals surface area contributed by atoms with Crippen LogP contribution in [0.15, 0.2) is 30.3 Å². The number of nitrogens with one attached hydrogen (secondary N) is 3. The van der Waals surface area contributed by atoms with Gasteiger partial charge in [0, 0.05) is 11.3 Å². The molecule has 4 N–H and O–H groups in total. The van der Waals surface area contributed by atoms with Gasteiger partial charge in [-0.15, -0.1) is 0 Å². The van der Waals surface area contributed by atoms with Crippen LogP contribution in [0.2, 0.25) is 0 Å². The molecule has 1 amide bonds. The molecule has 180 valence electrons. The molecule has 0 unspecified atom stereocenters. The molecule has 9 heteroatoms. The van der Waals surface area contributed by atoms with Crippen LogP contribution in [0.5, 0.6) is 5.75 Å². The molecule has 4 heterocycles. The van der Waals surface area contributed by atoms with Gasteiger partial charge in [-0.1, -0.05) is 13.0 Å². The Morgan fingerprint density at radius 3 is 2.80 bits per heavy atom. The molecule has 0 aliphatic carbocycles. The van der Waals surface area contributed by atoms with Crippen molar-refractivity contribution >= 4 is 16.8 Å². The molecule has 1 fully saturated rings. The van der Waals surface area contributed by atoms with Crippen molar-refractivity contribution in [1.29, 1.82) is 0 Å².